The molecule has 1 fully saturated rings. The SMILES string of the molecule is CC(C)(O)C1CCC(NC(=O)c2cnc(-n3nc(C(F)F)c4ccncc43)nc2)CC1. The zero-order chi connectivity index (χ0) is 22.2. The third-order valence-electron chi connectivity index (χ3n) is 5.87. The number of hydrogen-bond donors (Lipinski definition) is 2. The number of rotatable bonds is 5. The second kappa shape index (κ2) is 8.26. The molecule has 164 valence electrons. The first-order chi connectivity index (χ1) is 14.7. The lowest BCUT2D eigenvalue weighted by Gasteiger charge is -2.36. The van der Waals surface area contributed by atoms with Crippen LogP contribution in [0, 0.1) is 5.92 Å². The van der Waals surface area contributed by atoms with E-state index >= 15 is 0 Å². The zero-order valence-electron chi connectivity index (χ0n) is 17.3. The molecule has 0 unspecified atom stereocenters. The van der Waals surface area contributed by atoms with Crippen LogP contribution in [0.1, 0.15) is 62.0 Å². The molecule has 0 aliphatic heterocycles. The minimum Gasteiger partial charge on any atom is -0.390 e. The van der Waals surface area contributed by atoms with Gasteiger partial charge in [0.05, 0.1) is 22.9 Å². The van der Waals surface area contributed by atoms with E-state index in [9.17, 15) is 18.7 Å². The molecule has 1 amide bonds. The van der Waals surface area contributed by atoms with Crippen molar-refractivity contribution in [3.63, 3.8) is 0 Å². The van der Waals surface area contributed by atoms with Crippen LogP contribution in [-0.4, -0.2) is 47.4 Å². The number of carbonyl (C=O) groups is 1. The van der Waals surface area contributed by atoms with Gasteiger partial charge < -0.3 is 10.4 Å². The Kier molecular flexibility index (Phi) is 5.65. The van der Waals surface area contributed by atoms with Crippen molar-refractivity contribution >= 4 is 16.8 Å². The van der Waals surface area contributed by atoms with Gasteiger partial charge in [0.2, 0.25) is 0 Å². The third-order valence-corrected chi connectivity index (χ3v) is 5.87. The maximum atomic E-state index is 13.3. The summed E-state index contributed by atoms with van der Waals surface area (Å²) in [6.45, 7) is 3.64. The minimum atomic E-state index is -2.75. The Morgan fingerprint density at radius 2 is 1.87 bits per heavy atom. The Labute approximate surface area is 177 Å². The quantitative estimate of drug-likeness (QED) is 0.644. The molecule has 1 saturated carbocycles. The van der Waals surface area contributed by atoms with Crippen LogP contribution in [-0.2, 0) is 0 Å². The molecule has 0 saturated heterocycles. The topological polar surface area (TPSA) is 106 Å². The Hall–Kier alpha value is -3.01. The van der Waals surface area contributed by atoms with Gasteiger partial charge in [-0.25, -0.2) is 18.7 Å². The van der Waals surface area contributed by atoms with E-state index < -0.39 is 12.0 Å². The van der Waals surface area contributed by atoms with Crippen LogP contribution in [0.25, 0.3) is 16.9 Å². The van der Waals surface area contributed by atoms with E-state index in [1.165, 1.54) is 35.5 Å². The third kappa shape index (κ3) is 4.39. The molecular weight excluding hydrogens is 406 g/mol. The van der Waals surface area contributed by atoms with Crippen molar-refractivity contribution in [1.29, 1.82) is 0 Å². The Bertz CT molecular complexity index is 1070. The fraction of sp³-hybridized carbons (Fsp3) is 0.476. The van der Waals surface area contributed by atoms with Gasteiger partial charge in [-0.3, -0.25) is 9.78 Å². The zero-order valence-corrected chi connectivity index (χ0v) is 17.3. The van der Waals surface area contributed by atoms with Crippen molar-refractivity contribution in [2.75, 3.05) is 0 Å². The first kappa shape index (κ1) is 21.2. The highest BCUT2D eigenvalue weighted by molar-refractivity contribution is 5.93. The first-order valence-electron chi connectivity index (χ1n) is 10.2. The van der Waals surface area contributed by atoms with Gasteiger partial charge in [0.15, 0.2) is 0 Å². The Balaban J connectivity index is 1.47. The summed E-state index contributed by atoms with van der Waals surface area (Å²) >= 11 is 0. The predicted molar refractivity (Wildman–Crippen MR) is 109 cm³/mol. The summed E-state index contributed by atoms with van der Waals surface area (Å²) in [5.74, 6) is 0.00503. The summed E-state index contributed by atoms with van der Waals surface area (Å²) in [5.41, 5.74) is -0.449. The molecule has 31 heavy (non-hydrogen) atoms. The van der Waals surface area contributed by atoms with Gasteiger partial charge in [0.1, 0.15) is 5.69 Å². The molecule has 4 rings (SSSR count). The van der Waals surface area contributed by atoms with Crippen molar-refractivity contribution in [2.45, 2.75) is 57.6 Å². The van der Waals surface area contributed by atoms with E-state index in [1.807, 2.05) is 13.8 Å². The molecule has 2 N–H and O–H groups in total. The normalized spacial score (nSPS) is 19.7. The maximum Gasteiger partial charge on any atom is 0.282 e. The van der Waals surface area contributed by atoms with Gasteiger partial charge in [-0.15, -0.1) is 0 Å². The van der Waals surface area contributed by atoms with Crippen molar-refractivity contribution in [3.8, 4) is 5.95 Å². The fourth-order valence-corrected chi connectivity index (χ4v) is 4.06. The van der Waals surface area contributed by atoms with Crippen molar-refractivity contribution < 1.29 is 18.7 Å². The highest BCUT2D eigenvalue weighted by Crippen LogP contribution is 2.32. The highest BCUT2D eigenvalue weighted by Gasteiger charge is 2.32. The van der Waals surface area contributed by atoms with E-state index in [0.29, 0.717) is 5.52 Å². The first-order valence-corrected chi connectivity index (χ1v) is 10.2. The van der Waals surface area contributed by atoms with Crippen LogP contribution in [0.15, 0.2) is 30.9 Å². The number of fused-ring (bicyclic) bond motifs is 1. The fourth-order valence-electron chi connectivity index (χ4n) is 4.06. The van der Waals surface area contributed by atoms with Gasteiger partial charge in [-0.1, -0.05) is 0 Å². The lowest BCUT2D eigenvalue weighted by Crippen LogP contribution is -2.41. The number of carbonyl (C=O) groups excluding carboxylic acids is 1. The van der Waals surface area contributed by atoms with Crippen LogP contribution in [0.5, 0.6) is 0 Å². The molecule has 0 bridgehead atoms. The van der Waals surface area contributed by atoms with Crippen LogP contribution in [0.2, 0.25) is 0 Å². The summed E-state index contributed by atoms with van der Waals surface area (Å²) < 4.78 is 27.8. The van der Waals surface area contributed by atoms with Gasteiger partial charge >= 0.3 is 0 Å². The number of aliphatic hydroxyl groups is 1. The number of pyridine rings is 1. The largest absolute Gasteiger partial charge is 0.390 e. The maximum absolute atomic E-state index is 13.3. The van der Waals surface area contributed by atoms with Crippen LogP contribution in [0.3, 0.4) is 0 Å². The second-order valence-electron chi connectivity index (χ2n) is 8.44. The van der Waals surface area contributed by atoms with Crippen molar-refractivity contribution in [1.82, 2.24) is 30.0 Å². The number of halogens is 2. The number of alkyl halides is 2. The monoisotopic (exact) mass is 430 g/mol. The van der Waals surface area contributed by atoms with Crippen LogP contribution >= 0.6 is 0 Å². The van der Waals surface area contributed by atoms with Gasteiger partial charge in [-0.05, 0) is 51.5 Å². The van der Waals surface area contributed by atoms with Crippen LogP contribution < -0.4 is 5.32 Å². The number of aromatic nitrogens is 5. The van der Waals surface area contributed by atoms with Crippen LogP contribution in [0.4, 0.5) is 8.78 Å². The summed E-state index contributed by atoms with van der Waals surface area (Å²) in [5, 5.41) is 17.3. The molecular formula is C21H24F2N6O2. The van der Waals surface area contributed by atoms with Crippen molar-refractivity contribution in [3.05, 3.63) is 42.1 Å². The van der Waals surface area contributed by atoms with Crippen molar-refractivity contribution in [2.24, 2.45) is 5.92 Å². The summed E-state index contributed by atoms with van der Waals surface area (Å²) in [6.07, 6.45) is 6.07. The minimum absolute atomic E-state index is 0.0282. The van der Waals surface area contributed by atoms with Gasteiger partial charge in [-0.2, -0.15) is 9.78 Å². The van der Waals surface area contributed by atoms with E-state index in [1.54, 1.807) is 0 Å². The molecule has 0 radical (unpaired) electrons. The number of amides is 1. The Morgan fingerprint density at radius 3 is 2.48 bits per heavy atom. The number of nitrogens with zero attached hydrogens (tertiary/aromatic N) is 5. The summed E-state index contributed by atoms with van der Waals surface area (Å²) in [4.78, 5) is 24.8. The smallest absolute Gasteiger partial charge is 0.282 e. The molecule has 3 aromatic heterocycles. The summed E-state index contributed by atoms with van der Waals surface area (Å²) in [6, 6.07) is 1.50. The van der Waals surface area contributed by atoms with E-state index in [2.05, 4.69) is 25.4 Å². The predicted octanol–water partition coefficient (Wildman–Crippen LogP) is 3.21. The molecule has 10 heteroatoms. The van der Waals surface area contributed by atoms with Gasteiger partial charge in [0, 0.05) is 30.0 Å². The molecule has 0 atom stereocenters. The van der Waals surface area contributed by atoms with E-state index in [4.69, 9.17) is 0 Å². The van der Waals surface area contributed by atoms with E-state index in [0.717, 1.165) is 25.7 Å². The molecule has 8 nitrogen and oxygen atoms in total. The highest BCUT2D eigenvalue weighted by atomic mass is 19.3. The average Bonchev–Trinajstić information content (AvgIpc) is 3.14. The average molecular weight is 430 g/mol. The molecule has 1 aliphatic rings. The lowest BCUT2D eigenvalue weighted by molar-refractivity contribution is -0.00257. The standard InChI is InChI=1S/C21H24F2N6O2/c1-21(2,31)13-3-5-14(6-4-13)27-19(30)12-9-25-20(26-10-12)29-16-11-24-8-7-15(16)17(28-29)18(22)23/h7-11,13-14,18,31H,3-6H2,1-2H3,(H,27,30). The molecule has 0 spiro atoms. The number of nitrogens with one attached hydrogen (secondary N) is 1. The van der Waals surface area contributed by atoms with E-state index in [-0.39, 0.29) is 40.5 Å². The molecule has 3 heterocycles. The molecule has 1 aliphatic carbocycles. The number of hydrogen-bond acceptors (Lipinski definition) is 6. The van der Waals surface area contributed by atoms with Gasteiger partial charge in [0.25, 0.3) is 18.3 Å². The molecule has 3 aromatic rings. The second-order valence-corrected chi connectivity index (χ2v) is 8.44. The Morgan fingerprint density at radius 1 is 1.19 bits per heavy atom. The summed E-state index contributed by atoms with van der Waals surface area (Å²) in [7, 11) is 0. The molecule has 0 aromatic carbocycles. The lowest BCUT2D eigenvalue weighted by atomic mass is 9.77.